The molecule has 0 heterocycles. The van der Waals surface area contributed by atoms with Crippen molar-refractivity contribution in [3.63, 3.8) is 0 Å². The van der Waals surface area contributed by atoms with E-state index in [0.29, 0.717) is 0 Å². The first-order chi connectivity index (χ1) is 6.29. The molecule has 0 N–H and O–H groups in total. The lowest BCUT2D eigenvalue weighted by molar-refractivity contribution is 0.682. The number of hydrogen-bond donors (Lipinski definition) is 0. The van der Waals surface area contributed by atoms with Crippen LogP contribution in [0.2, 0.25) is 0 Å². The summed E-state index contributed by atoms with van der Waals surface area (Å²) in [5.74, 6) is 0.741. The van der Waals surface area contributed by atoms with E-state index in [1.807, 2.05) is 0 Å². The number of allylic oxidation sites excluding steroid dienone is 6. The molecule has 2 rings (SSSR count). The third-order valence-electron chi connectivity index (χ3n) is 3.07. The van der Waals surface area contributed by atoms with Gasteiger partial charge in [-0.3, -0.25) is 0 Å². The van der Waals surface area contributed by atoms with Crippen molar-refractivity contribution in [1.82, 2.24) is 0 Å². The predicted molar refractivity (Wildman–Crippen MR) is 57.6 cm³/mol. The minimum absolute atomic E-state index is 0.741. The molecule has 0 unspecified atom stereocenters. The predicted octanol–water partition coefficient (Wildman–Crippen LogP) is 4.01. The summed E-state index contributed by atoms with van der Waals surface area (Å²) in [4.78, 5) is 0. The van der Waals surface area contributed by atoms with E-state index in [9.17, 15) is 0 Å². The van der Waals surface area contributed by atoms with Crippen LogP contribution in [0.4, 0.5) is 0 Å². The summed E-state index contributed by atoms with van der Waals surface area (Å²) >= 11 is 0. The lowest BCUT2D eigenvalue weighted by Crippen LogP contribution is -2.07. The van der Waals surface area contributed by atoms with Crippen LogP contribution in [0.25, 0.3) is 0 Å². The Morgan fingerprint density at radius 3 is 2.77 bits per heavy atom. The second-order valence-electron chi connectivity index (χ2n) is 4.30. The van der Waals surface area contributed by atoms with Crippen molar-refractivity contribution in [2.75, 3.05) is 0 Å². The van der Waals surface area contributed by atoms with Crippen molar-refractivity contribution in [2.45, 2.75) is 39.5 Å². The van der Waals surface area contributed by atoms with Gasteiger partial charge in [0.1, 0.15) is 0 Å². The smallest absolute Gasteiger partial charge is 0.0239 e. The van der Waals surface area contributed by atoms with Crippen LogP contribution in [-0.2, 0) is 0 Å². The van der Waals surface area contributed by atoms with Crippen molar-refractivity contribution in [3.05, 3.63) is 34.9 Å². The van der Waals surface area contributed by atoms with E-state index in [4.69, 9.17) is 0 Å². The zero-order valence-electron chi connectivity index (χ0n) is 8.64. The van der Waals surface area contributed by atoms with Crippen LogP contribution in [0.15, 0.2) is 34.9 Å². The molecule has 0 aromatic carbocycles. The van der Waals surface area contributed by atoms with Gasteiger partial charge in [-0.05, 0) is 42.7 Å². The zero-order valence-corrected chi connectivity index (χ0v) is 8.64. The van der Waals surface area contributed by atoms with Crippen molar-refractivity contribution in [2.24, 2.45) is 5.92 Å². The fraction of sp³-hybridized carbons (Fsp3) is 0.538. The van der Waals surface area contributed by atoms with E-state index in [1.54, 1.807) is 11.1 Å². The minimum Gasteiger partial charge on any atom is -0.0836 e. The van der Waals surface area contributed by atoms with Crippen LogP contribution < -0.4 is 0 Å². The summed E-state index contributed by atoms with van der Waals surface area (Å²) in [6.45, 7) is 4.65. The normalized spacial score (nSPS) is 21.9. The Hall–Kier alpha value is -0.780. The van der Waals surface area contributed by atoms with Crippen molar-refractivity contribution in [1.29, 1.82) is 0 Å². The van der Waals surface area contributed by atoms with E-state index in [-0.39, 0.29) is 0 Å². The fourth-order valence-corrected chi connectivity index (χ4v) is 2.39. The van der Waals surface area contributed by atoms with Crippen LogP contribution in [-0.4, -0.2) is 0 Å². The standard InChI is InChI=1S/C13H18/c1-10(2)12-9-5-7-11-6-3-4-8-13(11)12/h3,6-7,10H,4-5,8-9H2,1-2H3. The Morgan fingerprint density at radius 2 is 2.00 bits per heavy atom. The summed E-state index contributed by atoms with van der Waals surface area (Å²) in [5.41, 5.74) is 4.88. The van der Waals surface area contributed by atoms with Crippen LogP contribution in [0.3, 0.4) is 0 Å². The minimum atomic E-state index is 0.741. The average molecular weight is 174 g/mol. The van der Waals surface area contributed by atoms with Gasteiger partial charge < -0.3 is 0 Å². The highest BCUT2D eigenvalue weighted by Gasteiger charge is 2.17. The molecule has 0 heteroatoms. The van der Waals surface area contributed by atoms with Crippen molar-refractivity contribution in [3.8, 4) is 0 Å². The number of fused-ring (bicyclic) bond motifs is 1. The van der Waals surface area contributed by atoms with Crippen LogP contribution in [0.5, 0.6) is 0 Å². The van der Waals surface area contributed by atoms with Gasteiger partial charge in [0, 0.05) is 0 Å². The summed E-state index contributed by atoms with van der Waals surface area (Å²) < 4.78 is 0. The van der Waals surface area contributed by atoms with Gasteiger partial charge in [0.2, 0.25) is 0 Å². The molecule has 0 aromatic heterocycles. The molecule has 0 saturated heterocycles. The van der Waals surface area contributed by atoms with E-state index in [0.717, 1.165) is 5.92 Å². The molecule has 0 atom stereocenters. The van der Waals surface area contributed by atoms with Gasteiger partial charge in [-0.1, -0.05) is 37.6 Å². The second-order valence-corrected chi connectivity index (χ2v) is 4.30. The van der Waals surface area contributed by atoms with Crippen LogP contribution in [0.1, 0.15) is 39.5 Å². The van der Waals surface area contributed by atoms with E-state index >= 15 is 0 Å². The summed E-state index contributed by atoms with van der Waals surface area (Å²) in [5, 5.41) is 0. The molecule has 2 aliphatic carbocycles. The molecule has 0 aromatic rings. The van der Waals surface area contributed by atoms with Gasteiger partial charge in [0.25, 0.3) is 0 Å². The quantitative estimate of drug-likeness (QED) is 0.563. The van der Waals surface area contributed by atoms with Crippen LogP contribution >= 0.6 is 0 Å². The molecule has 0 bridgehead atoms. The number of hydrogen-bond acceptors (Lipinski definition) is 0. The molecule has 0 radical (unpaired) electrons. The second kappa shape index (κ2) is 3.53. The summed E-state index contributed by atoms with van der Waals surface area (Å²) in [7, 11) is 0. The van der Waals surface area contributed by atoms with Gasteiger partial charge in [0.15, 0.2) is 0 Å². The Balaban J connectivity index is 2.38. The molecular weight excluding hydrogens is 156 g/mol. The van der Waals surface area contributed by atoms with Gasteiger partial charge in [-0.25, -0.2) is 0 Å². The molecular formula is C13H18. The molecule has 0 saturated carbocycles. The van der Waals surface area contributed by atoms with Crippen molar-refractivity contribution >= 4 is 0 Å². The SMILES string of the molecule is CC(C)C1=C2CCC=CC2=CCC1. The molecule has 2 aliphatic rings. The first kappa shape index (κ1) is 8.80. The van der Waals surface area contributed by atoms with E-state index in [1.165, 1.54) is 31.3 Å². The zero-order chi connectivity index (χ0) is 9.26. The topological polar surface area (TPSA) is 0 Å². The van der Waals surface area contributed by atoms with E-state index in [2.05, 4.69) is 32.1 Å². The molecule has 70 valence electrons. The van der Waals surface area contributed by atoms with Gasteiger partial charge >= 0.3 is 0 Å². The molecule has 0 aliphatic heterocycles. The van der Waals surface area contributed by atoms with Crippen LogP contribution in [0, 0.1) is 5.92 Å². The highest BCUT2D eigenvalue weighted by Crippen LogP contribution is 2.35. The largest absolute Gasteiger partial charge is 0.0836 e. The summed E-state index contributed by atoms with van der Waals surface area (Å²) in [6, 6.07) is 0. The molecule has 0 fully saturated rings. The van der Waals surface area contributed by atoms with Gasteiger partial charge in [0.05, 0.1) is 0 Å². The average Bonchev–Trinajstić information content (AvgIpc) is 2.17. The first-order valence-corrected chi connectivity index (χ1v) is 5.38. The highest BCUT2D eigenvalue weighted by atomic mass is 14.2. The van der Waals surface area contributed by atoms with Gasteiger partial charge in [-0.2, -0.15) is 0 Å². The first-order valence-electron chi connectivity index (χ1n) is 5.38. The highest BCUT2D eigenvalue weighted by molar-refractivity contribution is 5.47. The molecule has 0 spiro atoms. The Morgan fingerprint density at radius 1 is 1.15 bits per heavy atom. The third kappa shape index (κ3) is 1.63. The molecule has 13 heavy (non-hydrogen) atoms. The third-order valence-corrected chi connectivity index (χ3v) is 3.07. The fourth-order valence-electron chi connectivity index (χ4n) is 2.39. The van der Waals surface area contributed by atoms with E-state index < -0.39 is 0 Å². The maximum atomic E-state index is 2.40. The Bertz CT molecular complexity index is 287. The Labute approximate surface area is 81.0 Å². The lowest BCUT2D eigenvalue weighted by Gasteiger charge is -2.25. The molecule has 0 amide bonds. The maximum Gasteiger partial charge on any atom is -0.0239 e. The Kier molecular flexibility index (Phi) is 2.39. The molecule has 0 nitrogen and oxygen atoms in total. The maximum absolute atomic E-state index is 2.40. The summed E-state index contributed by atoms with van der Waals surface area (Å²) in [6.07, 6.45) is 12.1. The monoisotopic (exact) mass is 174 g/mol. The number of rotatable bonds is 1. The van der Waals surface area contributed by atoms with Gasteiger partial charge in [-0.15, -0.1) is 0 Å². The van der Waals surface area contributed by atoms with Crippen molar-refractivity contribution < 1.29 is 0 Å². The lowest BCUT2D eigenvalue weighted by atomic mass is 9.81.